The summed E-state index contributed by atoms with van der Waals surface area (Å²) in [5.41, 5.74) is 4.34. The van der Waals surface area contributed by atoms with Gasteiger partial charge in [0.2, 0.25) is 11.8 Å². The largest absolute Gasteiger partial charge is 0.322 e. The Kier molecular flexibility index (Phi) is 4.65. The predicted molar refractivity (Wildman–Crippen MR) is 115 cm³/mol. The van der Waals surface area contributed by atoms with E-state index in [0.29, 0.717) is 23.4 Å². The van der Waals surface area contributed by atoms with Crippen LogP contribution >= 0.6 is 0 Å². The SMILES string of the molecule is CC1(C)CCc2[nH]nc(C(=O)Nc3ccc4c(c3)CN(C3CCC(=O)NC3=O)C4=O)c2C1. The van der Waals surface area contributed by atoms with E-state index in [1.807, 2.05) is 0 Å². The number of hydrogen-bond acceptors (Lipinski definition) is 5. The molecule has 3 aliphatic rings. The van der Waals surface area contributed by atoms with Crippen LogP contribution in [0.25, 0.3) is 0 Å². The zero-order valence-corrected chi connectivity index (χ0v) is 18.1. The van der Waals surface area contributed by atoms with E-state index in [-0.39, 0.29) is 36.1 Å². The summed E-state index contributed by atoms with van der Waals surface area (Å²) in [4.78, 5) is 50.9. The Hall–Kier alpha value is -3.49. The molecule has 0 saturated carbocycles. The minimum atomic E-state index is -0.662. The van der Waals surface area contributed by atoms with Gasteiger partial charge in [0.1, 0.15) is 6.04 Å². The van der Waals surface area contributed by atoms with Crippen LogP contribution in [0.4, 0.5) is 5.69 Å². The Morgan fingerprint density at radius 1 is 1.22 bits per heavy atom. The van der Waals surface area contributed by atoms with Gasteiger partial charge in [0.05, 0.1) is 0 Å². The van der Waals surface area contributed by atoms with Crippen molar-refractivity contribution in [2.75, 3.05) is 5.32 Å². The molecule has 1 saturated heterocycles. The third-order valence-electron chi connectivity index (χ3n) is 6.66. The van der Waals surface area contributed by atoms with Crippen LogP contribution in [0.5, 0.6) is 0 Å². The second-order valence-electron chi connectivity index (χ2n) is 9.60. The van der Waals surface area contributed by atoms with Gasteiger partial charge in [-0.05, 0) is 54.9 Å². The van der Waals surface area contributed by atoms with Crippen molar-refractivity contribution in [3.8, 4) is 0 Å². The molecule has 3 heterocycles. The van der Waals surface area contributed by atoms with Crippen LogP contribution in [0, 0.1) is 5.41 Å². The van der Waals surface area contributed by atoms with E-state index in [2.05, 4.69) is 34.7 Å². The van der Waals surface area contributed by atoms with Crippen LogP contribution in [-0.2, 0) is 29.0 Å². The second-order valence-corrected chi connectivity index (χ2v) is 9.60. The van der Waals surface area contributed by atoms with Gasteiger partial charge in [-0.15, -0.1) is 0 Å². The molecule has 0 bridgehead atoms. The summed E-state index contributed by atoms with van der Waals surface area (Å²) < 4.78 is 0. The highest BCUT2D eigenvalue weighted by atomic mass is 16.2. The number of carbonyl (C=O) groups is 4. The van der Waals surface area contributed by atoms with Crippen molar-refractivity contribution in [2.45, 2.75) is 58.5 Å². The van der Waals surface area contributed by atoms with Crippen LogP contribution in [0.3, 0.4) is 0 Å². The number of fused-ring (bicyclic) bond motifs is 2. The average Bonchev–Trinajstić information content (AvgIpc) is 3.28. The summed E-state index contributed by atoms with van der Waals surface area (Å²) in [6.45, 7) is 4.64. The Balaban J connectivity index is 1.33. The number of anilines is 1. The lowest BCUT2D eigenvalue weighted by atomic mass is 9.76. The fourth-order valence-corrected chi connectivity index (χ4v) is 4.86. The molecule has 1 atom stereocenters. The Morgan fingerprint density at radius 2 is 2.03 bits per heavy atom. The quantitative estimate of drug-likeness (QED) is 0.636. The number of imide groups is 1. The second kappa shape index (κ2) is 7.29. The molecular formula is C23H25N5O4. The highest BCUT2D eigenvalue weighted by molar-refractivity contribution is 6.07. The van der Waals surface area contributed by atoms with Gasteiger partial charge in [-0.2, -0.15) is 5.10 Å². The maximum atomic E-state index is 13.0. The molecule has 1 unspecified atom stereocenters. The van der Waals surface area contributed by atoms with Gasteiger partial charge in [-0.3, -0.25) is 29.6 Å². The first kappa shape index (κ1) is 20.4. The van der Waals surface area contributed by atoms with E-state index in [0.717, 1.165) is 36.1 Å². The number of amides is 4. The number of aryl methyl sites for hydroxylation is 1. The first-order valence-electron chi connectivity index (χ1n) is 10.9. The van der Waals surface area contributed by atoms with Gasteiger partial charge >= 0.3 is 0 Å². The molecule has 166 valence electrons. The predicted octanol–water partition coefficient (Wildman–Crippen LogP) is 1.94. The standard InChI is InChI=1S/C23H25N5O4/c1-23(2)8-7-16-15(10-23)19(27-26-16)21(31)24-13-3-4-14-12(9-13)11-28(22(14)32)17-5-6-18(29)25-20(17)30/h3-4,9,17H,5-8,10-11H2,1-2H3,(H,24,31)(H,26,27)(H,25,29,30). The molecule has 2 aromatic rings. The highest BCUT2D eigenvalue weighted by Crippen LogP contribution is 2.35. The number of hydrogen-bond donors (Lipinski definition) is 3. The zero-order valence-electron chi connectivity index (χ0n) is 18.1. The third-order valence-corrected chi connectivity index (χ3v) is 6.66. The molecule has 0 radical (unpaired) electrons. The molecule has 32 heavy (non-hydrogen) atoms. The van der Waals surface area contributed by atoms with E-state index in [9.17, 15) is 19.2 Å². The highest BCUT2D eigenvalue weighted by Gasteiger charge is 2.39. The number of carbonyl (C=O) groups excluding carboxylic acids is 4. The maximum absolute atomic E-state index is 13.0. The first-order chi connectivity index (χ1) is 15.2. The van der Waals surface area contributed by atoms with Crippen molar-refractivity contribution in [2.24, 2.45) is 5.41 Å². The number of nitrogens with one attached hydrogen (secondary N) is 3. The average molecular weight is 435 g/mol. The Bertz CT molecular complexity index is 1170. The van der Waals surface area contributed by atoms with Gasteiger partial charge in [-0.1, -0.05) is 13.8 Å². The van der Waals surface area contributed by atoms with Crippen LogP contribution in [-0.4, -0.2) is 44.8 Å². The fourth-order valence-electron chi connectivity index (χ4n) is 4.86. The molecule has 1 fully saturated rings. The van der Waals surface area contributed by atoms with Gasteiger partial charge in [0.15, 0.2) is 5.69 Å². The lowest BCUT2D eigenvalue weighted by molar-refractivity contribution is -0.136. The molecule has 1 aromatic heterocycles. The molecule has 5 rings (SSSR count). The zero-order chi connectivity index (χ0) is 22.6. The molecular weight excluding hydrogens is 410 g/mol. The number of aromatic amines is 1. The minimum Gasteiger partial charge on any atom is -0.322 e. The van der Waals surface area contributed by atoms with Gasteiger partial charge < -0.3 is 10.2 Å². The van der Waals surface area contributed by atoms with Crippen LogP contribution in [0.15, 0.2) is 18.2 Å². The first-order valence-corrected chi connectivity index (χ1v) is 10.9. The summed E-state index contributed by atoms with van der Waals surface area (Å²) >= 11 is 0. The fraction of sp³-hybridized carbons (Fsp3) is 0.435. The lowest BCUT2D eigenvalue weighted by Gasteiger charge is -2.29. The van der Waals surface area contributed by atoms with Gasteiger partial charge in [0.25, 0.3) is 11.8 Å². The van der Waals surface area contributed by atoms with E-state index < -0.39 is 11.9 Å². The minimum absolute atomic E-state index is 0.124. The molecule has 9 heteroatoms. The molecule has 0 spiro atoms. The molecule has 9 nitrogen and oxygen atoms in total. The third kappa shape index (κ3) is 3.47. The number of aromatic nitrogens is 2. The Labute approximate surface area is 184 Å². The van der Waals surface area contributed by atoms with E-state index >= 15 is 0 Å². The normalized spacial score (nSPS) is 21.8. The van der Waals surface area contributed by atoms with Crippen molar-refractivity contribution in [1.29, 1.82) is 0 Å². The molecule has 2 aliphatic heterocycles. The van der Waals surface area contributed by atoms with E-state index in [4.69, 9.17) is 0 Å². The Morgan fingerprint density at radius 3 is 2.81 bits per heavy atom. The molecule has 1 aliphatic carbocycles. The van der Waals surface area contributed by atoms with Gasteiger partial charge in [0, 0.05) is 35.5 Å². The lowest BCUT2D eigenvalue weighted by Crippen LogP contribution is -2.52. The number of benzene rings is 1. The summed E-state index contributed by atoms with van der Waals surface area (Å²) in [5.74, 6) is -1.28. The number of rotatable bonds is 3. The molecule has 1 aromatic carbocycles. The van der Waals surface area contributed by atoms with Crippen LogP contribution in [0.2, 0.25) is 0 Å². The number of piperidine rings is 1. The molecule has 4 amide bonds. The van der Waals surface area contributed by atoms with Crippen LogP contribution < -0.4 is 10.6 Å². The van der Waals surface area contributed by atoms with Gasteiger partial charge in [-0.25, -0.2) is 0 Å². The van der Waals surface area contributed by atoms with Crippen molar-refractivity contribution >= 4 is 29.3 Å². The summed E-state index contributed by atoms with van der Waals surface area (Å²) in [6, 6.07) is 4.46. The summed E-state index contributed by atoms with van der Waals surface area (Å²) in [5, 5.41) is 12.5. The van der Waals surface area contributed by atoms with E-state index in [1.54, 1.807) is 18.2 Å². The number of nitrogens with zero attached hydrogens (tertiary/aromatic N) is 2. The van der Waals surface area contributed by atoms with Crippen molar-refractivity contribution in [3.05, 3.63) is 46.3 Å². The van der Waals surface area contributed by atoms with Crippen molar-refractivity contribution in [1.82, 2.24) is 20.4 Å². The van der Waals surface area contributed by atoms with Crippen molar-refractivity contribution < 1.29 is 19.2 Å². The molecule has 3 N–H and O–H groups in total. The van der Waals surface area contributed by atoms with Crippen LogP contribution in [0.1, 0.15) is 70.8 Å². The topological polar surface area (TPSA) is 124 Å². The monoisotopic (exact) mass is 435 g/mol. The van der Waals surface area contributed by atoms with E-state index in [1.165, 1.54) is 4.90 Å². The maximum Gasteiger partial charge on any atom is 0.276 e. The van der Waals surface area contributed by atoms with Crippen molar-refractivity contribution in [3.63, 3.8) is 0 Å². The number of H-pyrrole nitrogens is 1. The summed E-state index contributed by atoms with van der Waals surface area (Å²) in [6.07, 6.45) is 3.24. The smallest absolute Gasteiger partial charge is 0.276 e. The summed E-state index contributed by atoms with van der Waals surface area (Å²) in [7, 11) is 0.